The lowest BCUT2D eigenvalue weighted by molar-refractivity contribution is -0.115. The first-order chi connectivity index (χ1) is 8.32. The highest BCUT2D eigenvalue weighted by atomic mass is 16.3. The van der Waals surface area contributed by atoms with Crippen LogP contribution in [-0.2, 0) is 17.6 Å². The first-order valence-corrected chi connectivity index (χ1v) is 6.46. The molecule has 0 saturated carbocycles. The molecule has 2 N–H and O–H groups in total. The zero-order chi connectivity index (χ0) is 13.5. The summed E-state index contributed by atoms with van der Waals surface area (Å²) in [5.41, 5.74) is 3.61. The molecule has 1 aromatic rings. The van der Waals surface area contributed by atoms with Crippen LogP contribution in [0.1, 0.15) is 50.5 Å². The van der Waals surface area contributed by atoms with Crippen LogP contribution in [0.5, 0.6) is 0 Å². The topological polar surface area (TPSA) is 49.3 Å². The van der Waals surface area contributed by atoms with E-state index in [-0.39, 0.29) is 11.3 Å². The Labute approximate surface area is 108 Å². The molecule has 0 bridgehead atoms. The number of fused-ring (bicyclic) bond motifs is 1. The van der Waals surface area contributed by atoms with Crippen LogP contribution in [0.3, 0.4) is 0 Å². The first kappa shape index (κ1) is 13.1. The number of carbonyl (C=O) groups excluding carboxylic acids is 1. The second-order valence-corrected chi connectivity index (χ2v) is 6.07. The molecule has 0 aliphatic carbocycles. The SMILES string of the molecule is CCc1cc2c(c(C(O)C(C)(C)C)c1)NC(=O)C2. The number of amides is 1. The van der Waals surface area contributed by atoms with Crippen molar-refractivity contribution in [2.75, 3.05) is 5.32 Å². The van der Waals surface area contributed by atoms with Crippen LogP contribution < -0.4 is 5.32 Å². The van der Waals surface area contributed by atoms with Gasteiger partial charge in [0.15, 0.2) is 0 Å². The number of carbonyl (C=O) groups is 1. The van der Waals surface area contributed by atoms with E-state index in [4.69, 9.17) is 0 Å². The van der Waals surface area contributed by atoms with Gasteiger partial charge in [-0.3, -0.25) is 4.79 Å². The number of aliphatic hydroxyl groups excluding tert-OH is 1. The number of anilines is 1. The van der Waals surface area contributed by atoms with Crippen LogP contribution in [0, 0.1) is 5.41 Å². The van der Waals surface area contributed by atoms with Gasteiger partial charge in [-0.15, -0.1) is 0 Å². The maximum atomic E-state index is 11.5. The summed E-state index contributed by atoms with van der Waals surface area (Å²) in [6.45, 7) is 8.08. The van der Waals surface area contributed by atoms with Crippen molar-refractivity contribution in [1.82, 2.24) is 0 Å². The molecule has 1 aliphatic heterocycles. The van der Waals surface area contributed by atoms with E-state index in [2.05, 4.69) is 18.3 Å². The molecular weight excluding hydrogens is 226 g/mol. The van der Waals surface area contributed by atoms with Gasteiger partial charge in [0.1, 0.15) is 0 Å². The molecule has 1 aliphatic rings. The highest BCUT2D eigenvalue weighted by molar-refractivity contribution is 6.00. The number of hydrogen-bond donors (Lipinski definition) is 2. The third-order valence-corrected chi connectivity index (χ3v) is 3.45. The summed E-state index contributed by atoms with van der Waals surface area (Å²) >= 11 is 0. The summed E-state index contributed by atoms with van der Waals surface area (Å²) in [7, 11) is 0. The van der Waals surface area contributed by atoms with Crippen LogP contribution in [0.2, 0.25) is 0 Å². The lowest BCUT2D eigenvalue weighted by Crippen LogP contribution is -2.19. The van der Waals surface area contributed by atoms with Crippen molar-refractivity contribution in [3.8, 4) is 0 Å². The standard InChI is InChI=1S/C15H21NO2/c1-5-9-6-10-8-12(17)16-13(10)11(7-9)14(18)15(2,3)4/h6-7,14,18H,5,8H2,1-4H3,(H,16,17). The normalized spacial score (nSPS) is 16.4. The molecule has 1 atom stereocenters. The number of aryl methyl sites for hydroxylation is 1. The van der Waals surface area contributed by atoms with E-state index in [1.54, 1.807) is 0 Å². The summed E-state index contributed by atoms with van der Waals surface area (Å²) in [4.78, 5) is 11.5. The Morgan fingerprint density at radius 1 is 1.39 bits per heavy atom. The fourth-order valence-electron chi connectivity index (χ4n) is 2.33. The largest absolute Gasteiger partial charge is 0.388 e. The van der Waals surface area contributed by atoms with Gasteiger partial charge in [0.2, 0.25) is 5.91 Å². The molecule has 0 saturated heterocycles. The number of nitrogens with one attached hydrogen (secondary N) is 1. The lowest BCUT2D eigenvalue weighted by atomic mass is 9.83. The Balaban J connectivity index is 2.53. The van der Waals surface area contributed by atoms with Crippen molar-refractivity contribution >= 4 is 11.6 Å². The molecule has 3 heteroatoms. The second kappa shape index (κ2) is 4.39. The molecule has 0 spiro atoms. The van der Waals surface area contributed by atoms with Gasteiger partial charge in [0.05, 0.1) is 18.2 Å². The zero-order valence-electron chi connectivity index (χ0n) is 11.5. The van der Waals surface area contributed by atoms with Gasteiger partial charge in [-0.25, -0.2) is 0 Å². The summed E-state index contributed by atoms with van der Waals surface area (Å²) in [5.74, 6) is 0.0145. The number of aliphatic hydroxyl groups is 1. The second-order valence-electron chi connectivity index (χ2n) is 6.07. The van der Waals surface area contributed by atoms with E-state index in [0.717, 1.165) is 23.2 Å². The molecule has 2 rings (SSSR count). The first-order valence-electron chi connectivity index (χ1n) is 6.46. The maximum Gasteiger partial charge on any atom is 0.228 e. The van der Waals surface area contributed by atoms with Crippen LogP contribution in [0.15, 0.2) is 12.1 Å². The Hall–Kier alpha value is -1.35. The van der Waals surface area contributed by atoms with Gasteiger partial charge in [0.25, 0.3) is 0 Å². The summed E-state index contributed by atoms with van der Waals surface area (Å²) < 4.78 is 0. The summed E-state index contributed by atoms with van der Waals surface area (Å²) in [5, 5.41) is 13.3. The number of benzene rings is 1. The fourth-order valence-corrected chi connectivity index (χ4v) is 2.33. The third-order valence-electron chi connectivity index (χ3n) is 3.45. The molecular formula is C15H21NO2. The van der Waals surface area contributed by atoms with Gasteiger partial charge < -0.3 is 10.4 Å². The molecule has 0 radical (unpaired) electrons. The van der Waals surface area contributed by atoms with Gasteiger partial charge in [-0.05, 0) is 23.0 Å². The zero-order valence-corrected chi connectivity index (χ0v) is 11.5. The van der Waals surface area contributed by atoms with Crippen molar-refractivity contribution in [3.05, 3.63) is 28.8 Å². The molecule has 3 nitrogen and oxygen atoms in total. The molecule has 1 aromatic carbocycles. The van der Waals surface area contributed by atoms with Crippen molar-refractivity contribution in [2.45, 2.75) is 46.6 Å². The molecule has 0 aromatic heterocycles. The Morgan fingerprint density at radius 3 is 2.61 bits per heavy atom. The fraction of sp³-hybridized carbons (Fsp3) is 0.533. The van der Waals surface area contributed by atoms with E-state index in [1.807, 2.05) is 26.8 Å². The minimum absolute atomic E-state index is 0.0145. The predicted molar refractivity (Wildman–Crippen MR) is 72.6 cm³/mol. The molecule has 1 amide bonds. The van der Waals surface area contributed by atoms with E-state index in [1.165, 1.54) is 5.56 Å². The highest BCUT2D eigenvalue weighted by Crippen LogP contribution is 2.40. The van der Waals surface area contributed by atoms with E-state index < -0.39 is 6.10 Å². The number of rotatable bonds is 2. The molecule has 98 valence electrons. The summed E-state index contributed by atoms with van der Waals surface area (Å²) in [6.07, 6.45) is 0.759. The Kier molecular flexibility index (Phi) is 3.20. The predicted octanol–water partition coefficient (Wildman–Crippen LogP) is 2.82. The minimum Gasteiger partial charge on any atom is -0.388 e. The quantitative estimate of drug-likeness (QED) is 0.844. The lowest BCUT2D eigenvalue weighted by Gasteiger charge is -2.28. The van der Waals surface area contributed by atoms with Gasteiger partial charge >= 0.3 is 0 Å². The average Bonchev–Trinajstić information content (AvgIpc) is 2.65. The van der Waals surface area contributed by atoms with Gasteiger partial charge in [-0.1, -0.05) is 39.8 Å². The smallest absolute Gasteiger partial charge is 0.228 e. The molecule has 1 heterocycles. The number of hydrogen-bond acceptors (Lipinski definition) is 2. The maximum absolute atomic E-state index is 11.5. The molecule has 1 unspecified atom stereocenters. The molecule has 18 heavy (non-hydrogen) atoms. The van der Waals surface area contributed by atoms with Crippen molar-refractivity contribution < 1.29 is 9.90 Å². The monoisotopic (exact) mass is 247 g/mol. The van der Waals surface area contributed by atoms with Crippen molar-refractivity contribution in [2.24, 2.45) is 5.41 Å². The van der Waals surface area contributed by atoms with Crippen LogP contribution in [0.4, 0.5) is 5.69 Å². The van der Waals surface area contributed by atoms with Crippen LogP contribution >= 0.6 is 0 Å². The van der Waals surface area contributed by atoms with Crippen LogP contribution in [-0.4, -0.2) is 11.0 Å². The third kappa shape index (κ3) is 2.27. The summed E-state index contributed by atoms with van der Waals surface area (Å²) in [6, 6.07) is 4.08. The Bertz CT molecular complexity index is 486. The van der Waals surface area contributed by atoms with Crippen molar-refractivity contribution in [1.29, 1.82) is 0 Å². The van der Waals surface area contributed by atoms with Crippen LogP contribution in [0.25, 0.3) is 0 Å². The average molecular weight is 247 g/mol. The van der Waals surface area contributed by atoms with Gasteiger partial charge in [0, 0.05) is 5.56 Å². The minimum atomic E-state index is -0.573. The van der Waals surface area contributed by atoms with E-state index in [9.17, 15) is 9.90 Å². The highest BCUT2D eigenvalue weighted by Gasteiger charge is 2.30. The van der Waals surface area contributed by atoms with E-state index >= 15 is 0 Å². The Morgan fingerprint density at radius 2 is 2.06 bits per heavy atom. The molecule has 0 fully saturated rings. The van der Waals surface area contributed by atoms with E-state index in [0.29, 0.717) is 6.42 Å². The van der Waals surface area contributed by atoms with Crippen molar-refractivity contribution in [3.63, 3.8) is 0 Å². The van der Waals surface area contributed by atoms with Gasteiger partial charge in [-0.2, -0.15) is 0 Å².